The standard InChI is InChI=1S/C10H18O8/c11-1-3-10(18-3)9(16)8(15)7(14)6(13)5(12)4-2-17-4/h3-16H,1-2H2. The van der Waals surface area contributed by atoms with Gasteiger partial charge in [0.1, 0.15) is 48.8 Å². The lowest BCUT2D eigenvalue weighted by atomic mass is 9.96. The van der Waals surface area contributed by atoms with Crippen molar-refractivity contribution in [2.24, 2.45) is 0 Å². The SMILES string of the molecule is OCC1OC1C(O)C(O)C(O)C(O)C(O)C1CO1. The van der Waals surface area contributed by atoms with Crippen molar-refractivity contribution in [3.8, 4) is 0 Å². The zero-order valence-corrected chi connectivity index (χ0v) is 9.53. The summed E-state index contributed by atoms with van der Waals surface area (Å²) < 4.78 is 9.61. The van der Waals surface area contributed by atoms with Crippen LogP contribution in [0.4, 0.5) is 0 Å². The molecule has 2 rings (SSSR count). The zero-order valence-electron chi connectivity index (χ0n) is 9.53. The minimum atomic E-state index is -1.73. The van der Waals surface area contributed by atoms with Gasteiger partial charge in [0.25, 0.3) is 0 Å². The molecule has 0 spiro atoms. The van der Waals surface area contributed by atoms with Crippen LogP contribution in [-0.2, 0) is 9.47 Å². The second kappa shape index (κ2) is 5.35. The van der Waals surface area contributed by atoms with Crippen LogP contribution in [0, 0.1) is 0 Å². The van der Waals surface area contributed by atoms with E-state index in [1.165, 1.54) is 0 Å². The molecule has 2 aliphatic rings. The van der Waals surface area contributed by atoms with Crippen LogP contribution in [0.2, 0.25) is 0 Å². The third-order valence-electron chi connectivity index (χ3n) is 3.28. The summed E-state index contributed by atoms with van der Waals surface area (Å²) in [5.74, 6) is 0. The highest BCUT2D eigenvalue weighted by Crippen LogP contribution is 2.28. The van der Waals surface area contributed by atoms with Crippen LogP contribution in [0.15, 0.2) is 0 Å². The first-order valence-corrected chi connectivity index (χ1v) is 5.75. The molecule has 0 amide bonds. The smallest absolute Gasteiger partial charge is 0.115 e. The van der Waals surface area contributed by atoms with Gasteiger partial charge in [-0.15, -0.1) is 0 Å². The lowest BCUT2D eigenvalue weighted by Gasteiger charge is -2.28. The van der Waals surface area contributed by atoms with E-state index in [-0.39, 0.29) is 13.2 Å². The summed E-state index contributed by atoms with van der Waals surface area (Å²) in [6.45, 7) is -0.0203. The minimum Gasteiger partial charge on any atom is -0.394 e. The van der Waals surface area contributed by atoms with Gasteiger partial charge in [0.15, 0.2) is 0 Å². The molecule has 8 heteroatoms. The molecule has 2 heterocycles. The van der Waals surface area contributed by atoms with Gasteiger partial charge in [-0.1, -0.05) is 0 Å². The van der Waals surface area contributed by atoms with Crippen molar-refractivity contribution in [2.45, 2.75) is 48.8 Å². The van der Waals surface area contributed by atoms with E-state index in [0.717, 1.165) is 0 Å². The first kappa shape index (κ1) is 14.1. The summed E-state index contributed by atoms with van der Waals surface area (Å²) in [7, 11) is 0. The van der Waals surface area contributed by atoms with E-state index >= 15 is 0 Å². The van der Waals surface area contributed by atoms with E-state index in [0.29, 0.717) is 0 Å². The predicted molar refractivity (Wildman–Crippen MR) is 55.5 cm³/mol. The van der Waals surface area contributed by atoms with Crippen molar-refractivity contribution in [3.05, 3.63) is 0 Å². The summed E-state index contributed by atoms with van der Waals surface area (Å²) in [6, 6.07) is 0. The highest BCUT2D eigenvalue weighted by atomic mass is 16.6. The van der Waals surface area contributed by atoms with Crippen LogP contribution >= 0.6 is 0 Å². The quantitative estimate of drug-likeness (QED) is 0.255. The molecule has 0 bridgehead atoms. The van der Waals surface area contributed by atoms with E-state index < -0.39 is 48.8 Å². The molecule has 0 aromatic rings. The minimum absolute atomic E-state index is 0.280. The first-order chi connectivity index (χ1) is 8.47. The third kappa shape index (κ3) is 2.81. The maximum Gasteiger partial charge on any atom is 0.115 e. The van der Waals surface area contributed by atoms with Gasteiger partial charge in [-0.05, 0) is 0 Å². The summed E-state index contributed by atoms with van der Waals surface area (Å²) in [5, 5.41) is 56.8. The fourth-order valence-corrected chi connectivity index (χ4v) is 1.88. The highest BCUT2D eigenvalue weighted by Gasteiger charge is 2.50. The monoisotopic (exact) mass is 266 g/mol. The zero-order chi connectivity index (χ0) is 13.4. The van der Waals surface area contributed by atoms with Crippen LogP contribution < -0.4 is 0 Å². The molecule has 0 aromatic carbocycles. The Kier molecular flexibility index (Phi) is 4.19. The summed E-state index contributed by atoms with van der Waals surface area (Å²) in [4.78, 5) is 0. The fraction of sp³-hybridized carbons (Fsp3) is 1.00. The molecular weight excluding hydrogens is 248 g/mol. The van der Waals surface area contributed by atoms with Crippen molar-refractivity contribution in [2.75, 3.05) is 13.2 Å². The molecular formula is C10H18O8. The van der Waals surface area contributed by atoms with Crippen molar-refractivity contribution >= 4 is 0 Å². The topological polar surface area (TPSA) is 146 Å². The van der Waals surface area contributed by atoms with Gasteiger partial charge >= 0.3 is 0 Å². The van der Waals surface area contributed by atoms with Crippen LogP contribution in [0.5, 0.6) is 0 Å². The molecule has 2 fully saturated rings. The van der Waals surface area contributed by atoms with Gasteiger partial charge in [-0.3, -0.25) is 0 Å². The maximum absolute atomic E-state index is 9.66. The number of aliphatic hydroxyl groups excluding tert-OH is 6. The molecule has 0 saturated carbocycles. The fourth-order valence-electron chi connectivity index (χ4n) is 1.88. The normalized spacial score (nSPS) is 38.7. The van der Waals surface area contributed by atoms with Crippen LogP contribution in [0.1, 0.15) is 0 Å². The van der Waals surface area contributed by atoms with Crippen LogP contribution in [0.25, 0.3) is 0 Å². The average Bonchev–Trinajstić information content (AvgIpc) is 3.26. The van der Waals surface area contributed by atoms with Gasteiger partial charge in [-0.2, -0.15) is 0 Å². The summed E-state index contributed by atoms with van der Waals surface area (Å²) in [6.07, 6.45) is -9.72. The van der Waals surface area contributed by atoms with Crippen molar-refractivity contribution < 1.29 is 40.1 Å². The number of hydrogen-bond acceptors (Lipinski definition) is 8. The Bertz CT molecular complexity index is 283. The Morgan fingerprint density at radius 3 is 1.94 bits per heavy atom. The number of rotatable bonds is 7. The highest BCUT2D eigenvalue weighted by molar-refractivity contribution is 4.98. The largest absolute Gasteiger partial charge is 0.394 e. The second-order valence-corrected chi connectivity index (χ2v) is 4.65. The van der Waals surface area contributed by atoms with E-state index in [4.69, 9.17) is 14.6 Å². The number of epoxide rings is 2. The molecule has 2 saturated heterocycles. The lowest BCUT2D eigenvalue weighted by Crippen LogP contribution is -2.52. The Hall–Kier alpha value is -0.320. The molecule has 0 aliphatic carbocycles. The molecule has 8 atom stereocenters. The maximum atomic E-state index is 9.66. The number of ether oxygens (including phenoxy) is 2. The van der Waals surface area contributed by atoms with E-state index in [1.54, 1.807) is 0 Å². The molecule has 6 N–H and O–H groups in total. The van der Waals surface area contributed by atoms with E-state index in [2.05, 4.69) is 0 Å². The molecule has 0 aromatic heterocycles. The summed E-state index contributed by atoms with van der Waals surface area (Å²) >= 11 is 0. The Balaban J connectivity index is 1.85. The Morgan fingerprint density at radius 2 is 1.50 bits per heavy atom. The van der Waals surface area contributed by atoms with Gasteiger partial charge in [0.2, 0.25) is 0 Å². The Morgan fingerprint density at radius 1 is 0.944 bits per heavy atom. The van der Waals surface area contributed by atoms with Gasteiger partial charge in [0, 0.05) is 0 Å². The van der Waals surface area contributed by atoms with Crippen LogP contribution in [-0.4, -0.2) is 92.7 Å². The Labute approximate surface area is 103 Å². The number of aliphatic hydroxyl groups is 6. The molecule has 0 radical (unpaired) electrons. The molecule has 18 heavy (non-hydrogen) atoms. The second-order valence-electron chi connectivity index (χ2n) is 4.65. The van der Waals surface area contributed by atoms with Crippen molar-refractivity contribution in [1.29, 1.82) is 0 Å². The molecule has 106 valence electrons. The summed E-state index contributed by atoms with van der Waals surface area (Å²) in [5.41, 5.74) is 0. The molecule has 2 aliphatic heterocycles. The molecule has 8 unspecified atom stereocenters. The van der Waals surface area contributed by atoms with E-state index in [1.807, 2.05) is 0 Å². The molecule has 8 nitrogen and oxygen atoms in total. The van der Waals surface area contributed by atoms with Gasteiger partial charge in [0.05, 0.1) is 13.2 Å². The van der Waals surface area contributed by atoms with Crippen molar-refractivity contribution in [1.82, 2.24) is 0 Å². The van der Waals surface area contributed by atoms with Crippen molar-refractivity contribution in [3.63, 3.8) is 0 Å². The first-order valence-electron chi connectivity index (χ1n) is 5.75. The lowest BCUT2D eigenvalue weighted by molar-refractivity contribution is -0.140. The van der Waals surface area contributed by atoms with Crippen LogP contribution in [0.3, 0.4) is 0 Å². The van der Waals surface area contributed by atoms with Gasteiger partial charge < -0.3 is 40.1 Å². The predicted octanol–water partition coefficient (Wildman–Crippen LogP) is -4.05. The van der Waals surface area contributed by atoms with E-state index in [9.17, 15) is 25.5 Å². The number of hydrogen-bond donors (Lipinski definition) is 6. The average molecular weight is 266 g/mol. The third-order valence-corrected chi connectivity index (χ3v) is 3.28. The van der Waals surface area contributed by atoms with Gasteiger partial charge in [-0.25, -0.2) is 0 Å².